The molecule has 6 nitrogen and oxygen atoms in total. The van der Waals surface area contributed by atoms with E-state index in [1.807, 2.05) is 48.9 Å². The van der Waals surface area contributed by atoms with Gasteiger partial charge in [0, 0.05) is 17.8 Å². The third kappa shape index (κ3) is 3.35. The van der Waals surface area contributed by atoms with Crippen molar-refractivity contribution in [3.05, 3.63) is 81.4 Å². The van der Waals surface area contributed by atoms with Crippen molar-refractivity contribution in [1.82, 2.24) is 9.78 Å². The number of nitro groups is 1. The molecular formula is C18H17FN4O2. The van der Waals surface area contributed by atoms with Crippen LogP contribution in [0.3, 0.4) is 0 Å². The molecule has 0 atom stereocenters. The molecule has 2 aromatic carbocycles. The van der Waals surface area contributed by atoms with Crippen molar-refractivity contribution in [2.24, 2.45) is 0 Å². The van der Waals surface area contributed by atoms with Crippen molar-refractivity contribution in [3.63, 3.8) is 0 Å². The summed E-state index contributed by atoms with van der Waals surface area (Å²) in [6, 6.07) is 13.2. The van der Waals surface area contributed by atoms with Gasteiger partial charge in [-0.15, -0.1) is 0 Å². The lowest BCUT2D eigenvalue weighted by Gasteiger charge is -2.08. The van der Waals surface area contributed by atoms with Crippen LogP contribution in [0.5, 0.6) is 0 Å². The summed E-state index contributed by atoms with van der Waals surface area (Å²) >= 11 is 0. The quantitative estimate of drug-likeness (QED) is 0.559. The summed E-state index contributed by atoms with van der Waals surface area (Å²) in [6.07, 6.45) is 0. The topological polar surface area (TPSA) is 73.0 Å². The van der Waals surface area contributed by atoms with Crippen LogP contribution in [0.15, 0.2) is 48.5 Å². The second-order valence-electron chi connectivity index (χ2n) is 5.67. The maximum atomic E-state index is 13.2. The largest absolute Gasteiger partial charge is 0.375 e. The zero-order valence-corrected chi connectivity index (χ0v) is 13.9. The van der Waals surface area contributed by atoms with Crippen molar-refractivity contribution in [1.29, 1.82) is 0 Å². The van der Waals surface area contributed by atoms with Crippen LogP contribution >= 0.6 is 0 Å². The van der Waals surface area contributed by atoms with E-state index in [2.05, 4.69) is 10.4 Å². The Morgan fingerprint density at radius 3 is 2.60 bits per heavy atom. The second kappa shape index (κ2) is 6.72. The van der Waals surface area contributed by atoms with Crippen molar-refractivity contribution >= 4 is 11.4 Å². The van der Waals surface area contributed by atoms with Crippen LogP contribution in [0.1, 0.15) is 17.0 Å². The summed E-state index contributed by atoms with van der Waals surface area (Å²) in [5.41, 5.74) is 3.66. The number of rotatable bonds is 5. The Balaban J connectivity index is 1.88. The van der Waals surface area contributed by atoms with Gasteiger partial charge in [0.25, 0.3) is 5.69 Å². The Kier molecular flexibility index (Phi) is 4.47. The fraction of sp³-hybridized carbons (Fsp3) is 0.167. The molecule has 0 aliphatic rings. The van der Waals surface area contributed by atoms with E-state index in [1.54, 1.807) is 0 Å². The second-order valence-corrected chi connectivity index (χ2v) is 5.67. The van der Waals surface area contributed by atoms with E-state index in [4.69, 9.17) is 0 Å². The van der Waals surface area contributed by atoms with Gasteiger partial charge in [0.1, 0.15) is 11.5 Å². The number of hydrogen-bond donors (Lipinski definition) is 1. The highest BCUT2D eigenvalue weighted by molar-refractivity contribution is 5.61. The predicted molar refractivity (Wildman–Crippen MR) is 93.4 cm³/mol. The van der Waals surface area contributed by atoms with Gasteiger partial charge >= 0.3 is 0 Å². The third-order valence-corrected chi connectivity index (χ3v) is 4.05. The molecule has 0 bridgehead atoms. The number of nitro benzene ring substituents is 1. The van der Waals surface area contributed by atoms with Crippen molar-refractivity contribution in [2.75, 3.05) is 5.32 Å². The minimum Gasteiger partial charge on any atom is -0.375 e. The van der Waals surface area contributed by atoms with Gasteiger partial charge < -0.3 is 5.32 Å². The lowest BCUT2D eigenvalue weighted by molar-refractivity contribution is -0.384. The summed E-state index contributed by atoms with van der Waals surface area (Å²) in [5.74, 6) is -0.637. The van der Waals surface area contributed by atoms with E-state index in [-0.39, 0.29) is 11.4 Å². The lowest BCUT2D eigenvalue weighted by atomic mass is 10.2. The average molecular weight is 340 g/mol. The molecule has 3 aromatic rings. The Bertz CT molecular complexity index is 922. The Labute approximate surface area is 144 Å². The summed E-state index contributed by atoms with van der Waals surface area (Å²) in [6.45, 7) is 4.20. The molecular weight excluding hydrogens is 323 g/mol. The molecule has 1 N–H and O–H groups in total. The van der Waals surface area contributed by atoms with Crippen LogP contribution in [0, 0.1) is 29.8 Å². The fourth-order valence-electron chi connectivity index (χ4n) is 2.74. The highest BCUT2D eigenvalue weighted by atomic mass is 19.1. The highest BCUT2D eigenvalue weighted by Crippen LogP contribution is 2.26. The molecule has 128 valence electrons. The SMILES string of the molecule is Cc1nn(-c2ccccc2)c(C)c1CNc1ccc(F)cc1[N+](=O)[O-]. The number of aryl methyl sites for hydroxylation is 1. The normalized spacial score (nSPS) is 10.7. The molecule has 1 heterocycles. The molecule has 7 heteroatoms. The highest BCUT2D eigenvalue weighted by Gasteiger charge is 2.17. The Hall–Kier alpha value is -3.22. The van der Waals surface area contributed by atoms with Crippen LogP contribution in [0.4, 0.5) is 15.8 Å². The van der Waals surface area contributed by atoms with Gasteiger partial charge in [-0.25, -0.2) is 9.07 Å². The fourth-order valence-corrected chi connectivity index (χ4v) is 2.74. The molecule has 0 fully saturated rings. The number of para-hydroxylation sites is 1. The van der Waals surface area contributed by atoms with Gasteiger partial charge in [-0.1, -0.05) is 18.2 Å². The van der Waals surface area contributed by atoms with E-state index in [0.29, 0.717) is 6.54 Å². The van der Waals surface area contributed by atoms with Gasteiger partial charge in [-0.2, -0.15) is 5.10 Å². The molecule has 3 rings (SSSR count). The van der Waals surface area contributed by atoms with Gasteiger partial charge in [0.2, 0.25) is 0 Å². The number of halogens is 1. The van der Waals surface area contributed by atoms with Crippen LogP contribution in [-0.4, -0.2) is 14.7 Å². The molecule has 0 aliphatic heterocycles. The van der Waals surface area contributed by atoms with E-state index in [9.17, 15) is 14.5 Å². The number of nitrogens with zero attached hydrogens (tertiary/aromatic N) is 3. The van der Waals surface area contributed by atoms with Crippen LogP contribution in [0.25, 0.3) is 5.69 Å². The minimum absolute atomic E-state index is 0.276. The lowest BCUT2D eigenvalue weighted by Crippen LogP contribution is -2.05. The molecule has 0 aliphatic carbocycles. The van der Waals surface area contributed by atoms with Crippen molar-refractivity contribution in [2.45, 2.75) is 20.4 Å². The first-order chi connectivity index (χ1) is 12.0. The average Bonchev–Trinajstić information content (AvgIpc) is 2.89. The van der Waals surface area contributed by atoms with Gasteiger partial charge in [-0.3, -0.25) is 10.1 Å². The minimum atomic E-state index is -0.637. The third-order valence-electron chi connectivity index (χ3n) is 4.05. The molecule has 25 heavy (non-hydrogen) atoms. The molecule has 0 unspecified atom stereocenters. The number of nitrogens with one attached hydrogen (secondary N) is 1. The summed E-state index contributed by atoms with van der Waals surface area (Å²) in [7, 11) is 0. The van der Waals surface area contributed by atoms with Crippen LogP contribution in [0.2, 0.25) is 0 Å². The van der Waals surface area contributed by atoms with E-state index < -0.39 is 10.7 Å². The van der Waals surface area contributed by atoms with E-state index in [1.165, 1.54) is 12.1 Å². The summed E-state index contributed by atoms with van der Waals surface area (Å²) in [4.78, 5) is 10.5. The van der Waals surface area contributed by atoms with Crippen molar-refractivity contribution < 1.29 is 9.31 Å². The molecule has 0 saturated heterocycles. The van der Waals surface area contributed by atoms with Gasteiger partial charge in [-0.05, 0) is 38.1 Å². The first-order valence-electron chi connectivity index (χ1n) is 7.75. The monoisotopic (exact) mass is 340 g/mol. The molecule has 1 aromatic heterocycles. The number of anilines is 1. The molecule has 0 radical (unpaired) electrons. The van der Waals surface area contributed by atoms with E-state index in [0.717, 1.165) is 28.7 Å². The number of benzene rings is 2. The maximum absolute atomic E-state index is 13.2. The van der Waals surface area contributed by atoms with Crippen LogP contribution in [-0.2, 0) is 6.54 Å². The molecule has 0 amide bonds. The maximum Gasteiger partial charge on any atom is 0.295 e. The Morgan fingerprint density at radius 2 is 1.92 bits per heavy atom. The van der Waals surface area contributed by atoms with Gasteiger partial charge in [0.15, 0.2) is 0 Å². The van der Waals surface area contributed by atoms with Crippen LogP contribution < -0.4 is 5.32 Å². The standard InChI is InChI=1S/C18H17FN4O2/c1-12-16(13(2)22(21-12)15-6-4-3-5-7-15)11-20-17-9-8-14(19)10-18(17)23(24)25/h3-10,20H,11H2,1-2H3. The Morgan fingerprint density at radius 1 is 1.20 bits per heavy atom. The molecule has 0 spiro atoms. The smallest absolute Gasteiger partial charge is 0.295 e. The first-order valence-corrected chi connectivity index (χ1v) is 7.75. The number of aromatic nitrogens is 2. The zero-order chi connectivity index (χ0) is 18.0. The predicted octanol–water partition coefficient (Wildman–Crippen LogP) is 4.15. The zero-order valence-electron chi connectivity index (χ0n) is 13.9. The van der Waals surface area contributed by atoms with Crippen molar-refractivity contribution in [3.8, 4) is 5.69 Å². The number of hydrogen-bond acceptors (Lipinski definition) is 4. The summed E-state index contributed by atoms with van der Waals surface area (Å²) < 4.78 is 15.1. The van der Waals surface area contributed by atoms with Gasteiger partial charge in [0.05, 0.1) is 22.4 Å². The first kappa shape index (κ1) is 16.6. The summed E-state index contributed by atoms with van der Waals surface area (Å²) in [5, 5.41) is 18.7. The van der Waals surface area contributed by atoms with E-state index >= 15 is 0 Å². The molecule has 0 saturated carbocycles.